The highest BCUT2D eigenvalue weighted by Gasteiger charge is 2.10. The van der Waals surface area contributed by atoms with Crippen LogP contribution in [-0.4, -0.2) is 22.0 Å². The van der Waals surface area contributed by atoms with E-state index in [9.17, 15) is 14.7 Å². The molecule has 0 saturated heterocycles. The number of rotatable bonds is 3. The van der Waals surface area contributed by atoms with Gasteiger partial charge in [0.2, 0.25) is 0 Å². The molecule has 2 rings (SSSR count). The normalized spacial score (nSPS) is 10.2. The number of hydrogen-bond acceptors (Lipinski definition) is 3. The van der Waals surface area contributed by atoms with Crippen LogP contribution in [0.3, 0.4) is 0 Å². The van der Waals surface area contributed by atoms with Crippen molar-refractivity contribution >= 4 is 11.8 Å². The van der Waals surface area contributed by atoms with Crippen molar-refractivity contribution in [3.63, 3.8) is 0 Å². The molecule has 0 saturated carbocycles. The van der Waals surface area contributed by atoms with E-state index >= 15 is 0 Å². The molecule has 2 N–H and O–H groups in total. The third kappa shape index (κ3) is 2.63. The highest BCUT2D eigenvalue weighted by atomic mass is 16.4. The molecule has 0 bridgehead atoms. The zero-order valence-corrected chi connectivity index (χ0v) is 10.3. The predicted octanol–water partition coefficient (Wildman–Crippen LogP) is 2.96. The first kappa shape index (κ1) is 12.8. The highest BCUT2D eigenvalue weighted by Crippen LogP contribution is 2.26. The van der Waals surface area contributed by atoms with Crippen molar-refractivity contribution in [1.29, 1.82) is 0 Å². The Morgan fingerprint density at radius 3 is 2.32 bits per heavy atom. The lowest BCUT2D eigenvalue weighted by atomic mass is 9.99. The van der Waals surface area contributed by atoms with Gasteiger partial charge in [-0.1, -0.05) is 18.2 Å². The second kappa shape index (κ2) is 4.94. The first-order chi connectivity index (χ1) is 8.99. The summed E-state index contributed by atoms with van der Waals surface area (Å²) in [6.07, 6.45) is 0. The average molecular weight is 256 g/mol. The summed E-state index contributed by atoms with van der Waals surface area (Å²) in [5.74, 6) is -1.33. The van der Waals surface area contributed by atoms with E-state index in [1.165, 1.54) is 25.1 Å². The molecular weight excluding hydrogens is 244 g/mol. The van der Waals surface area contributed by atoms with Crippen LogP contribution in [0.5, 0.6) is 5.75 Å². The number of phenols is 1. The van der Waals surface area contributed by atoms with E-state index in [2.05, 4.69) is 0 Å². The van der Waals surface area contributed by atoms with Crippen molar-refractivity contribution in [3.05, 3.63) is 53.6 Å². The van der Waals surface area contributed by atoms with Crippen LogP contribution >= 0.6 is 0 Å². The molecule has 19 heavy (non-hydrogen) atoms. The van der Waals surface area contributed by atoms with Crippen molar-refractivity contribution in [2.24, 2.45) is 0 Å². The van der Waals surface area contributed by atoms with Crippen LogP contribution in [0, 0.1) is 0 Å². The van der Waals surface area contributed by atoms with Gasteiger partial charge in [-0.2, -0.15) is 0 Å². The second-order valence-electron chi connectivity index (χ2n) is 4.17. The summed E-state index contributed by atoms with van der Waals surface area (Å²) in [5, 5.41) is 18.5. The minimum absolute atomic E-state index is 0.0781. The Morgan fingerprint density at radius 2 is 1.68 bits per heavy atom. The van der Waals surface area contributed by atoms with Crippen molar-refractivity contribution in [2.45, 2.75) is 6.92 Å². The number of carbonyl (C=O) groups is 2. The molecule has 4 nitrogen and oxygen atoms in total. The zero-order chi connectivity index (χ0) is 14.0. The van der Waals surface area contributed by atoms with E-state index in [1.54, 1.807) is 24.3 Å². The second-order valence-corrected chi connectivity index (χ2v) is 4.17. The van der Waals surface area contributed by atoms with Gasteiger partial charge >= 0.3 is 5.97 Å². The summed E-state index contributed by atoms with van der Waals surface area (Å²) in [6.45, 7) is 1.37. The van der Waals surface area contributed by atoms with Gasteiger partial charge in [0.1, 0.15) is 5.75 Å². The Bertz CT molecular complexity index is 659. The molecule has 0 aromatic heterocycles. The Kier molecular flexibility index (Phi) is 3.33. The van der Waals surface area contributed by atoms with E-state index in [4.69, 9.17) is 5.11 Å². The molecule has 96 valence electrons. The van der Waals surface area contributed by atoms with E-state index in [-0.39, 0.29) is 22.7 Å². The molecule has 0 spiro atoms. The molecule has 0 atom stereocenters. The third-order valence-electron chi connectivity index (χ3n) is 2.82. The van der Waals surface area contributed by atoms with Crippen LogP contribution in [0.4, 0.5) is 0 Å². The number of carboxylic acid groups (broad SMARTS) is 1. The van der Waals surface area contributed by atoms with Crippen LogP contribution in [0.25, 0.3) is 11.1 Å². The van der Waals surface area contributed by atoms with E-state index in [0.29, 0.717) is 11.1 Å². The number of benzene rings is 2. The van der Waals surface area contributed by atoms with Gasteiger partial charge in [0, 0.05) is 0 Å². The standard InChI is InChI=1S/C15H12O4/c1-9(16)13-8-11(5-6-14(13)17)10-3-2-4-12(7-10)15(18)19/h2-8,17H,1H3,(H,18,19). The number of carboxylic acids is 1. The Balaban J connectivity index is 2.53. The van der Waals surface area contributed by atoms with Gasteiger partial charge in [0.15, 0.2) is 5.78 Å². The van der Waals surface area contributed by atoms with Crippen LogP contribution in [-0.2, 0) is 0 Å². The van der Waals surface area contributed by atoms with Crippen molar-refractivity contribution in [2.75, 3.05) is 0 Å². The number of aromatic carboxylic acids is 1. The summed E-state index contributed by atoms with van der Waals surface area (Å²) in [7, 11) is 0. The van der Waals surface area contributed by atoms with E-state index in [0.717, 1.165) is 0 Å². The molecule has 0 unspecified atom stereocenters. The number of hydrogen-bond donors (Lipinski definition) is 2. The molecule has 0 aliphatic heterocycles. The summed E-state index contributed by atoms with van der Waals surface area (Å²) in [4.78, 5) is 22.3. The Hall–Kier alpha value is -2.62. The average Bonchev–Trinajstić information content (AvgIpc) is 2.39. The Morgan fingerprint density at radius 1 is 1.00 bits per heavy atom. The van der Waals surface area contributed by atoms with E-state index < -0.39 is 5.97 Å². The number of ketones is 1. The summed E-state index contributed by atoms with van der Waals surface area (Å²) in [6, 6.07) is 11.0. The third-order valence-corrected chi connectivity index (χ3v) is 2.82. The van der Waals surface area contributed by atoms with Gasteiger partial charge in [-0.3, -0.25) is 4.79 Å². The van der Waals surface area contributed by atoms with Gasteiger partial charge in [0.25, 0.3) is 0 Å². The van der Waals surface area contributed by atoms with E-state index in [1.807, 2.05) is 0 Å². The number of aromatic hydroxyl groups is 1. The first-order valence-electron chi connectivity index (χ1n) is 5.66. The first-order valence-corrected chi connectivity index (χ1v) is 5.66. The van der Waals surface area contributed by atoms with Crippen LogP contribution < -0.4 is 0 Å². The lowest BCUT2D eigenvalue weighted by Crippen LogP contribution is -1.96. The SMILES string of the molecule is CC(=O)c1cc(-c2cccc(C(=O)O)c2)ccc1O. The maximum atomic E-state index is 11.4. The van der Waals surface area contributed by atoms with Gasteiger partial charge < -0.3 is 10.2 Å². The summed E-state index contributed by atoms with van der Waals surface area (Å²) >= 11 is 0. The Labute approximate surface area is 109 Å². The molecule has 2 aromatic rings. The zero-order valence-electron chi connectivity index (χ0n) is 10.3. The monoisotopic (exact) mass is 256 g/mol. The molecule has 0 heterocycles. The van der Waals surface area contributed by atoms with Crippen molar-refractivity contribution < 1.29 is 19.8 Å². The number of carbonyl (C=O) groups excluding carboxylic acids is 1. The van der Waals surface area contributed by atoms with Gasteiger partial charge in [0.05, 0.1) is 11.1 Å². The molecule has 0 aliphatic rings. The maximum Gasteiger partial charge on any atom is 0.335 e. The van der Waals surface area contributed by atoms with Crippen molar-refractivity contribution in [1.82, 2.24) is 0 Å². The molecule has 2 aromatic carbocycles. The molecule has 0 amide bonds. The topological polar surface area (TPSA) is 74.6 Å². The molecule has 4 heteroatoms. The predicted molar refractivity (Wildman–Crippen MR) is 70.5 cm³/mol. The van der Waals surface area contributed by atoms with Gasteiger partial charge in [-0.25, -0.2) is 4.79 Å². The van der Waals surface area contributed by atoms with Crippen LogP contribution in [0.1, 0.15) is 27.6 Å². The highest BCUT2D eigenvalue weighted by molar-refractivity contribution is 5.98. The number of phenolic OH excluding ortho intramolecular Hbond substituents is 1. The molecule has 0 fully saturated rings. The minimum Gasteiger partial charge on any atom is -0.507 e. The van der Waals surface area contributed by atoms with Gasteiger partial charge in [-0.15, -0.1) is 0 Å². The number of Topliss-reactive ketones (excluding diaryl/α,β-unsaturated/α-hetero) is 1. The van der Waals surface area contributed by atoms with Crippen molar-refractivity contribution in [3.8, 4) is 16.9 Å². The maximum absolute atomic E-state index is 11.4. The summed E-state index contributed by atoms with van der Waals surface area (Å²) in [5.41, 5.74) is 1.77. The van der Waals surface area contributed by atoms with Gasteiger partial charge in [-0.05, 0) is 42.3 Å². The van der Waals surface area contributed by atoms with Crippen LogP contribution in [0.15, 0.2) is 42.5 Å². The quantitative estimate of drug-likeness (QED) is 0.828. The van der Waals surface area contributed by atoms with Crippen LogP contribution in [0.2, 0.25) is 0 Å². The molecule has 0 radical (unpaired) electrons. The summed E-state index contributed by atoms with van der Waals surface area (Å²) < 4.78 is 0. The fourth-order valence-electron chi connectivity index (χ4n) is 1.83. The molecular formula is C15H12O4. The lowest BCUT2D eigenvalue weighted by molar-refractivity contribution is 0.0696. The lowest BCUT2D eigenvalue weighted by Gasteiger charge is -2.06. The molecule has 0 aliphatic carbocycles. The smallest absolute Gasteiger partial charge is 0.335 e. The minimum atomic E-state index is -1.01. The fraction of sp³-hybridized carbons (Fsp3) is 0.0667. The largest absolute Gasteiger partial charge is 0.507 e. The fourth-order valence-corrected chi connectivity index (χ4v) is 1.83.